The summed E-state index contributed by atoms with van der Waals surface area (Å²) in [6.07, 6.45) is 0. The van der Waals surface area contributed by atoms with Crippen LogP contribution in [0.15, 0.2) is 16.6 Å². The van der Waals surface area contributed by atoms with E-state index in [0.717, 1.165) is 0 Å². The summed E-state index contributed by atoms with van der Waals surface area (Å²) < 4.78 is 13.8. The van der Waals surface area contributed by atoms with Crippen LogP contribution in [0.1, 0.15) is 10.4 Å². The van der Waals surface area contributed by atoms with E-state index in [1.54, 1.807) is 0 Å². The molecule has 0 spiro atoms. The molecule has 0 saturated heterocycles. The van der Waals surface area contributed by atoms with Crippen LogP contribution < -0.4 is 0 Å². The lowest BCUT2D eigenvalue weighted by Gasteiger charge is -2.03. The maximum absolute atomic E-state index is 12.9. The summed E-state index contributed by atoms with van der Waals surface area (Å²) >= 11 is 10.4. The van der Waals surface area contributed by atoms with Gasteiger partial charge in [0, 0.05) is 10.0 Å². The van der Waals surface area contributed by atoms with Crippen molar-refractivity contribution in [2.45, 2.75) is 0 Å². The molecule has 0 fully saturated rings. The van der Waals surface area contributed by atoms with Crippen LogP contribution in [-0.4, -0.2) is 11.7 Å². The van der Waals surface area contributed by atoms with E-state index < -0.39 is 0 Å². The zero-order valence-corrected chi connectivity index (χ0v) is 10.8. The van der Waals surface area contributed by atoms with Gasteiger partial charge in [0.15, 0.2) is 5.78 Å². The molecule has 1 aromatic rings. The normalized spacial score (nSPS) is 10.2. The Bertz CT molecular complexity index is 356. The van der Waals surface area contributed by atoms with Gasteiger partial charge in [-0.15, -0.1) is 11.6 Å². The highest BCUT2D eigenvalue weighted by Crippen LogP contribution is 2.26. The van der Waals surface area contributed by atoms with Crippen molar-refractivity contribution in [2.24, 2.45) is 0 Å². The molecule has 0 N–H and O–H groups in total. The second-order valence-electron chi connectivity index (χ2n) is 2.28. The van der Waals surface area contributed by atoms with Gasteiger partial charge in [-0.3, -0.25) is 4.79 Å². The van der Waals surface area contributed by atoms with Crippen LogP contribution >= 0.6 is 50.1 Å². The number of alkyl halides is 1. The monoisotopic (exact) mass is 376 g/mol. The predicted octanol–water partition coefficient (Wildman–Crippen LogP) is 3.61. The van der Waals surface area contributed by atoms with Gasteiger partial charge < -0.3 is 0 Å². The Labute approximate surface area is 102 Å². The lowest BCUT2D eigenvalue weighted by molar-refractivity contribution is 0.102. The summed E-state index contributed by atoms with van der Waals surface area (Å²) in [5, 5.41) is 0. The molecule has 0 heterocycles. The predicted molar refractivity (Wildman–Crippen MR) is 61.9 cm³/mol. The molecule has 0 atom stereocenters. The van der Waals surface area contributed by atoms with Gasteiger partial charge in [0.2, 0.25) is 0 Å². The Hall–Kier alpha value is 0.320. The van der Waals surface area contributed by atoms with Crippen molar-refractivity contribution in [3.05, 3.63) is 31.6 Å². The molecule has 0 aliphatic heterocycles. The van der Waals surface area contributed by atoms with E-state index in [1.165, 1.54) is 12.1 Å². The van der Waals surface area contributed by atoms with Gasteiger partial charge in [-0.25, -0.2) is 4.39 Å². The van der Waals surface area contributed by atoms with Gasteiger partial charge in [0.1, 0.15) is 5.82 Å². The number of rotatable bonds is 2. The number of carbonyl (C=O) groups is 1. The first-order valence-corrected chi connectivity index (χ1v) is 5.71. The molecule has 1 aromatic carbocycles. The first-order chi connectivity index (χ1) is 6.07. The minimum atomic E-state index is -0.349. The second-order valence-corrected chi connectivity index (χ2v) is 4.42. The highest BCUT2D eigenvalue weighted by atomic mass is 127. The number of halogens is 4. The number of hydrogen-bond acceptors (Lipinski definition) is 1. The molecule has 0 saturated carbocycles. The summed E-state index contributed by atoms with van der Waals surface area (Å²) in [6, 6.07) is 2.68. The maximum Gasteiger partial charge on any atom is 0.178 e. The molecular formula is C8H4BrClFIO. The van der Waals surface area contributed by atoms with Gasteiger partial charge in [-0.1, -0.05) is 0 Å². The van der Waals surface area contributed by atoms with Gasteiger partial charge >= 0.3 is 0 Å². The van der Waals surface area contributed by atoms with E-state index in [4.69, 9.17) is 11.6 Å². The molecule has 0 unspecified atom stereocenters. The third kappa shape index (κ3) is 2.41. The highest BCUT2D eigenvalue weighted by molar-refractivity contribution is 14.1. The zero-order valence-electron chi connectivity index (χ0n) is 6.28. The third-order valence-electron chi connectivity index (χ3n) is 1.46. The van der Waals surface area contributed by atoms with E-state index in [1.807, 2.05) is 22.6 Å². The van der Waals surface area contributed by atoms with E-state index in [0.29, 0.717) is 13.6 Å². The van der Waals surface area contributed by atoms with Crippen LogP contribution in [0.2, 0.25) is 0 Å². The van der Waals surface area contributed by atoms with E-state index in [2.05, 4.69) is 15.9 Å². The van der Waals surface area contributed by atoms with Crippen LogP contribution in [0.5, 0.6) is 0 Å². The van der Waals surface area contributed by atoms with Crippen molar-refractivity contribution in [3.63, 3.8) is 0 Å². The lowest BCUT2D eigenvalue weighted by atomic mass is 10.1. The quantitative estimate of drug-likeness (QED) is 0.333. The van der Waals surface area contributed by atoms with Crippen molar-refractivity contribution >= 4 is 55.9 Å². The Balaban J connectivity index is 3.26. The number of Topliss-reactive ketones (excluding diaryl/α,β-unsaturated/α-hetero) is 1. The summed E-state index contributed by atoms with van der Waals surface area (Å²) in [7, 11) is 0. The standard InChI is InChI=1S/C8H4BrClFIO/c9-7-4(6(13)3-10)1-2-5(11)8(7)12/h1-2H,3H2. The SMILES string of the molecule is O=C(CCl)c1ccc(F)c(I)c1Br. The molecule has 1 nitrogen and oxygen atoms in total. The summed E-state index contributed by atoms with van der Waals surface area (Å²) in [5.41, 5.74) is 0.417. The van der Waals surface area contributed by atoms with Crippen LogP contribution in [0.3, 0.4) is 0 Å². The topological polar surface area (TPSA) is 17.1 Å². The van der Waals surface area contributed by atoms with Gasteiger partial charge in [0.05, 0.1) is 9.45 Å². The average Bonchev–Trinajstić information content (AvgIpc) is 2.13. The highest BCUT2D eigenvalue weighted by Gasteiger charge is 2.13. The fourth-order valence-electron chi connectivity index (χ4n) is 0.813. The number of hydrogen-bond donors (Lipinski definition) is 0. The fraction of sp³-hybridized carbons (Fsp3) is 0.125. The minimum Gasteiger partial charge on any atom is -0.293 e. The van der Waals surface area contributed by atoms with E-state index in [9.17, 15) is 9.18 Å². The third-order valence-corrected chi connectivity index (χ3v) is 4.32. The Morgan fingerprint density at radius 1 is 1.62 bits per heavy atom. The van der Waals surface area contributed by atoms with Crippen LogP contribution in [-0.2, 0) is 0 Å². The molecule has 13 heavy (non-hydrogen) atoms. The molecule has 0 bridgehead atoms. The van der Waals surface area contributed by atoms with Crippen molar-refractivity contribution in [1.29, 1.82) is 0 Å². The van der Waals surface area contributed by atoms with Crippen LogP contribution in [0.4, 0.5) is 4.39 Å². The molecular weight excluding hydrogens is 373 g/mol. The van der Waals surface area contributed by atoms with Crippen molar-refractivity contribution in [2.75, 3.05) is 5.88 Å². The molecule has 1 rings (SSSR count). The van der Waals surface area contributed by atoms with Crippen molar-refractivity contribution in [3.8, 4) is 0 Å². The number of benzene rings is 1. The largest absolute Gasteiger partial charge is 0.293 e. The average molecular weight is 377 g/mol. The van der Waals surface area contributed by atoms with Crippen molar-refractivity contribution in [1.82, 2.24) is 0 Å². The lowest BCUT2D eigenvalue weighted by Crippen LogP contribution is -2.03. The maximum atomic E-state index is 12.9. The number of ketones is 1. The summed E-state index contributed by atoms with van der Waals surface area (Å²) in [4.78, 5) is 11.2. The van der Waals surface area contributed by atoms with E-state index >= 15 is 0 Å². The molecule has 5 heteroatoms. The molecule has 0 aliphatic carbocycles. The van der Waals surface area contributed by atoms with Gasteiger partial charge in [0.25, 0.3) is 0 Å². The van der Waals surface area contributed by atoms with Gasteiger partial charge in [-0.2, -0.15) is 0 Å². The fourth-order valence-corrected chi connectivity index (χ4v) is 1.97. The van der Waals surface area contributed by atoms with Gasteiger partial charge in [-0.05, 0) is 50.7 Å². The Morgan fingerprint density at radius 2 is 2.23 bits per heavy atom. The second kappa shape index (κ2) is 4.70. The zero-order chi connectivity index (χ0) is 10.0. The first-order valence-electron chi connectivity index (χ1n) is 3.30. The van der Waals surface area contributed by atoms with E-state index in [-0.39, 0.29) is 17.5 Å². The van der Waals surface area contributed by atoms with Crippen LogP contribution in [0.25, 0.3) is 0 Å². The summed E-state index contributed by atoms with van der Waals surface area (Å²) in [6.45, 7) is 0. The molecule has 0 amide bonds. The Morgan fingerprint density at radius 3 is 2.77 bits per heavy atom. The van der Waals surface area contributed by atoms with Crippen LogP contribution in [0, 0.1) is 9.39 Å². The molecule has 0 aromatic heterocycles. The van der Waals surface area contributed by atoms with Crippen molar-refractivity contribution < 1.29 is 9.18 Å². The minimum absolute atomic E-state index is 0.0969. The smallest absolute Gasteiger partial charge is 0.178 e. The first kappa shape index (κ1) is 11.4. The molecule has 70 valence electrons. The molecule has 0 radical (unpaired) electrons. The number of carbonyl (C=O) groups excluding carboxylic acids is 1. The summed E-state index contributed by atoms with van der Waals surface area (Å²) in [5.74, 6) is -0.662. The molecule has 0 aliphatic rings. The Kier molecular flexibility index (Phi) is 4.12.